The maximum absolute atomic E-state index is 13.6. The zero-order valence-corrected chi connectivity index (χ0v) is 13.7. The lowest BCUT2D eigenvalue weighted by atomic mass is 10.1. The average Bonchev–Trinajstić information content (AvgIpc) is 3.07. The summed E-state index contributed by atoms with van der Waals surface area (Å²) in [5.41, 5.74) is 0.222. The Kier molecular flexibility index (Phi) is 5.06. The van der Waals surface area contributed by atoms with Crippen LogP contribution in [0.3, 0.4) is 0 Å². The minimum atomic E-state index is -0.486. The third kappa shape index (κ3) is 5.30. The zero-order valence-electron chi connectivity index (χ0n) is 13.7. The first-order valence-electron chi connectivity index (χ1n) is 7.73. The molecular weight excluding hydrogens is 283 g/mol. The van der Waals surface area contributed by atoms with Crippen LogP contribution < -0.4 is 10.6 Å². The van der Waals surface area contributed by atoms with E-state index in [1.165, 1.54) is 6.07 Å². The van der Waals surface area contributed by atoms with Crippen LogP contribution in [0, 0.1) is 5.82 Å². The smallest absolute Gasteiger partial charge is 0.407 e. The predicted octanol–water partition coefficient (Wildman–Crippen LogP) is 3.01. The van der Waals surface area contributed by atoms with Gasteiger partial charge in [-0.05, 0) is 52.2 Å². The number of alkyl carbamates (subject to hydrolysis) is 1. The molecule has 1 fully saturated rings. The van der Waals surface area contributed by atoms with E-state index in [0.29, 0.717) is 12.0 Å². The van der Waals surface area contributed by atoms with E-state index in [1.807, 2.05) is 33.8 Å². The fraction of sp³-hybridized carbons (Fsp3) is 0.588. The molecule has 0 aliphatic heterocycles. The Balaban J connectivity index is 1.73. The molecule has 0 spiro atoms. The average molecular weight is 308 g/mol. The molecule has 0 radical (unpaired) electrons. The van der Waals surface area contributed by atoms with Crippen LogP contribution in [0.4, 0.5) is 9.18 Å². The minimum Gasteiger partial charge on any atom is -0.444 e. The topological polar surface area (TPSA) is 50.4 Å². The van der Waals surface area contributed by atoms with E-state index in [2.05, 4.69) is 10.6 Å². The van der Waals surface area contributed by atoms with Gasteiger partial charge < -0.3 is 15.4 Å². The summed E-state index contributed by atoms with van der Waals surface area (Å²) < 4.78 is 18.8. The van der Waals surface area contributed by atoms with Gasteiger partial charge in [-0.1, -0.05) is 18.2 Å². The van der Waals surface area contributed by atoms with Crippen molar-refractivity contribution in [2.24, 2.45) is 0 Å². The van der Waals surface area contributed by atoms with Crippen molar-refractivity contribution in [3.63, 3.8) is 0 Å². The molecule has 22 heavy (non-hydrogen) atoms. The molecule has 0 aromatic heterocycles. The van der Waals surface area contributed by atoms with Crippen molar-refractivity contribution in [1.82, 2.24) is 10.6 Å². The lowest BCUT2D eigenvalue weighted by Gasteiger charge is -2.20. The van der Waals surface area contributed by atoms with Gasteiger partial charge in [-0.3, -0.25) is 0 Å². The highest BCUT2D eigenvalue weighted by Crippen LogP contribution is 2.23. The monoisotopic (exact) mass is 308 g/mol. The summed E-state index contributed by atoms with van der Waals surface area (Å²) in [6.07, 6.45) is 1.12. The number of nitrogens with one attached hydrogen (secondary N) is 2. The zero-order chi connectivity index (χ0) is 16.3. The summed E-state index contributed by atoms with van der Waals surface area (Å²) >= 11 is 0. The van der Waals surface area contributed by atoms with Crippen LogP contribution in [0.5, 0.6) is 0 Å². The molecule has 4 nitrogen and oxygen atoms in total. The standard InChI is InChI=1S/C17H25FN2O2/c1-11(9-12-7-5-6-8-13(12)18)19-14-10-15(14)20-16(21)22-17(2,3)4/h5-8,11,14-15,19H,9-10H2,1-4H3,(H,20,21). The molecule has 1 aromatic carbocycles. The van der Waals surface area contributed by atoms with Crippen LogP contribution in [0.25, 0.3) is 0 Å². The number of hydrogen-bond acceptors (Lipinski definition) is 3. The van der Waals surface area contributed by atoms with Gasteiger partial charge in [-0.25, -0.2) is 9.18 Å². The van der Waals surface area contributed by atoms with Crippen molar-refractivity contribution < 1.29 is 13.9 Å². The van der Waals surface area contributed by atoms with E-state index < -0.39 is 5.60 Å². The lowest BCUT2D eigenvalue weighted by molar-refractivity contribution is 0.0522. The second-order valence-electron chi connectivity index (χ2n) is 6.96. The first-order chi connectivity index (χ1) is 10.2. The minimum absolute atomic E-state index is 0.0953. The van der Waals surface area contributed by atoms with Gasteiger partial charge in [-0.15, -0.1) is 0 Å². The third-order valence-corrected chi connectivity index (χ3v) is 3.48. The molecule has 0 heterocycles. The molecule has 3 unspecified atom stereocenters. The third-order valence-electron chi connectivity index (χ3n) is 3.48. The second kappa shape index (κ2) is 6.65. The molecule has 1 saturated carbocycles. The van der Waals surface area contributed by atoms with Crippen LogP contribution in [-0.2, 0) is 11.2 Å². The number of ether oxygens (including phenoxy) is 1. The highest BCUT2D eigenvalue weighted by atomic mass is 19.1. The van der Waals surface area contributed by atoms with Crippen molar-refractivity contribution in [2.75, 3.05) is 0 Å². The van der Waals surface area contributed by atoms with Crippen molar-refractivity contribution in [1.29, 1.82) is 0 Å². The van der Waals surface area contributed by atoms with E-state index >= 15 is 0 Å². The molecule has 122 valence electrons. The number of carbonyl (C=O) groups excluding carboxylic acids is 1. The second-order valence-corrected chi connectivity index (χ2v) is 6.96. The summed E-state index contributed by atoms with van der Waals surface area (Å²) in [7, 11) is 0. The Morgan fingerprint density at radius 2 is 2.05 bits per heavy atom. The Labute approximate surface area is 131 Å². The molecule has 5 heteroatoms. The first kappa shape index (κ1) is 16.7. The summed E-state index contributed by atoms with van der Waals surface area (Å²) in [5.74, 6) is -0.171. The van der Waals surface area contributed by atoms with Crippen LogP contribution in [0.2, 0.25) is 0 Å². The van der Waals surface area contributed by atoms with Crippen LogP contribution >= 0.6 is 0 Å². The Bertz CT molecular complexity index is 528. The number of halogens is 1. The van der Waals surface area contributed by atoms with Crippen LogP contribution in [0.1, 0.15) is 39.7 Å². The lowest BCUT2D eigenvalue weighted by Crippen LogP contribution is -2.39. The molecule has 1 aliphatic rings. The van der Waals surface area contributed by atoms with E-state index in [1.54, 1.807) is 12.1 Å². The molecule has 2 N–H and O–H groups in total. The van der Waals surface area contributed by atoms with Gasteiger partial charge in [0.25, 0.3) is 0 Å². The van der Waals surface area contributed by atoms with E-state index in [0.717, 1.165) is 6.42 Å². The van der Waals surface area contributed by atoms with Crippen molar-refractivity contribution >= 4 is 6.09 Å². The van der Waals surface area contributed by atoms with Crippen molar-refractivity contribution in [3.8, 4) is 0 Å². The number of benzene rings is 1. The molecule has 0 saturated heterocycles. The Morgan fingerprint density at radius 3 is 2.68 bits per heavy atom. The predicted molar refractivity (Wildman–Crippen MR) is 84.3 cm³/mol. The maximum Gasteiger partial charge on any atom is 0.407 e. The van der Waals surface area contributed by atoms with E-state index in [-0.39, 0.29) is 30.0 Å². The fourth-order valence-electron chi connectivity index (χ4n) is 2.42. The van der Waals surface area contributed by atoms with E-state index in [9.17, 15) is 9.18 Å². The number of rotatable bonds is 5. The summed E-state index contributed by atoms with van der Waals surface area (Å²) in [6, 6.07) is 7.29. The number of amides is 1. The van der Waals surface area contributed by atoms with Gasteiger partial charge >= 0.3 is 6.09 Å². The van der Waals surface area contributed by atoms with Gasteiger partial charge in [-0.2, -0.15) is 0 Å². The first-order valence-corrected chi connectivity index (χ1v) is 7.73. The van der Waals surface area contributed by atoms with Crippen molar-refractivity contribution in [2.45, 2.75) is 64.3 Å². The molecule has 2 rings (SSSR count). The van der Waals surface area contributed by atoms with Crippen LogP contribution in [0.15, 0.2) is 24.3 Å². The van der Waals surface area contributed by atoms with Gasteiger partial charge in [0.05, 0.1) is 0 Å². The normalized spacial score (nSPS) is 22.0. The molecule has 1 aliphatic carbocycles. The van der Waals surface area contributed by atoms with Gasteiger partial charge in [0.15, 0.2) is 0 Å². The fourth-order valence-corrected chi connectivity index (χ4v) is 2.42. The molecule has 1 amide bonds. The number of carbonyl (C=O) groups is 1. The summed E-state index contributed by atoms with van der Waals surface area (Å²) in [4.78, 5) is 11.7. The highest BCUT2D eigenvalue weighted by Gasteiger charge is 2.39. The van der Waals surface area contributed by atoms with Gasteiger partial charge in [0.2, 0.25) is 0 Å². The van der Waals surface area contributed by atoms with Crippen molar-refractivity contribution in [3.05, 3.63) is 35.6 Å². The molecular formula is C17H25FN2O2. The SMILES string of the molecule is CC(Cc1ccccc1F)NC1CC1NC(=O)OC(C)(C)C. The van der Waals surface area contributed by atoms with Crippen LogP contribution in [-0.4, -0.2) is 29.8 Å². The Morgan fingerprint density at radius 1 is 1.36 bits per heavy atom. The summed E-state index contributed by atoms with van der Waals surface area (Å²) in [5, 5.41) is 6.25. The van der Waals surface area contributed by atoms with E-state index in [4.69, 9.17) is 4.74 Å². The largest absolute Gasteiger partial charge is 0.444 e. The quantitative estimate of drug-likeness (QED) is 0.879. The number of hydrogen-bond donors (Lipinski definition) is 2. The molecule has 0 bridgehead atoms. The molecule has 1 aromatic rings. The maximum atomic E-state index is 13.6. The molecule has 3 atom stereocenters. The summed E-state index contributed by atoms with van der Waals surface area (Å²) in [6.45, 7) is 7.54. The highest BCUT2D eigenvalue weighted by molar-refractivity contribution is 5.68. The van der Waals surface area contributed by atoms with Gasteiger partial charge in [0, 0.05) is 18.1 Å². The Hall–Kier alpha value is -1.62. The van der Waals surface area contributed by atoms with Gasteiger partial charge in [0.1, 0.15) is 11.4 Å².